The summed E-state index contributed by atoms with van der Waals surface area (Å²) < 4.78 is 41.4. The number of alkyl halides is 3. The van der Waals surface area contributed by atoms with E-state index in [2.05, 4.69) is 14.7 Å². The molecule has 1 heterocycles. The maximum Gasteiger partial charge on any atom is 0.455 e. The van der Waals surface area contributed by atoms with E-state index in [1.165, 1.54) is 0 Å². The first-order chi connectivity index (χ1) is 7.42. The largest absolute Gasteiger partial charge is 0.455 e. The summed E-state index contributed by atoms with van der Waals surface area (Å²) in [7, 11) is 0. The highest BCUT2D eigenvalue weighted by Gasteiger charge is 2.41. The van der Waals surface area contributed by atoms with E-state index in [1.807, 2.05) is 0 Å². The summed E-state index contributed by atoms with van der Waals surface area (Å²) in [6, 6.07) is 0. The maximum absolute atomic E-state index is 12.3. The monoisotopic (exact) mass is 235 g/mol. The van der Waals surface area contributed by atoms with Crippen LogP contribution < -0.4 is 5.73 Å². The minimum atomic E-state index is -4.58. The van der Waals surface area contributed by atoms with Crippen molar-refractivity contribution in [3.8, 4) is 0 Å². The van der Waals surface area contributed by atoms with Gasteiger partial charge in [-0.1, -0.05) is 24.4 Å². The second kappa shape index (κ2) is 3.73. The van der Waals surface area contributed by atoms with Gasteiger partial charge in [-0.15, -0.1) is 0 Å². The van der Waals surface area contributed by atoms with E-state index in [0.717, 1.165) is 19.3 Å². The Labute approximate surface area is 90.0 Å². The molecule has 16 heavy (non-hydrogen) atoms. The van der Waals surface area contributed by atoms with Gasteiger partial charge in [0.2, 0.25) is 5.89 Å². The summed E-state index contributed by atoms with van der Waals surface area (Å²) in [5.41, 5.74) is 5.09. The number of halogens is 3. The summed E-state index contributed by atoms with van der Waals surface area (Å²) in [6.45, 7) is 0. The van der Waals surface area contributed by atoms with Crippen molar-refractivity contribution in [3.63, 3.8) is 0 Å². The zero-order valence-corrected chi connectivity index (χ0v) is 8.55. The van der Waals surface area contributed by atoms with Crippen molar-refractivity contribution in [1.82, 2.24) is 10.1 Å². The van der Waals surface area contributed by atoms with Crippen LogP contribution in [0.3, 0.4) is 0 Å². The van der Waals surface area contributed by atoms with Gasteiger partial charge < -0.3 is 10.3 Å². The fraction of sp³-hybridized carbons (Fsp3) is 0.778. The van der Waals surface area contributed by atoms with Crippen LogP contribution in [0.2, 0.25) is 0 Å². The average molecular weight is 235 g/mol. The van der Waals surface area contributed by atoms with E-state index in [9.17, 15) is 13.2 Å². The van der Waals surface area contributed by atoms with Gasteiger partial charge in [0.25, 0.3) is 5.82 Å². The van der Waals surface area contributed by atoms with Crippen molar-refractivity contribution < 1.29 is 17.7 Å². The van der Waals surface area contributed by atoms with Crippen LogP contribution in [0.5, 0.6) is 0 Å². The van der Waals surface area contributed by atoms with E-state index in [1.54, 1.807) is 0 Å². The van der Waals surface area contributed by atoms with Gasteiger partial charge >= 0.3 is 6.18 Å². The van der Waals surface area contributed by atoms with Crippen LogP contribution in [0.15, 0.2) is 4.52 Å². The third-order valence-corrected chi connectivity index (χ3v) is 2.85. The number of rotatable bonds is 1. The fourth-order valence-corrected chi connectivity index (χ4v) is 1.94. The van der Waals surface area contributed by atoms with Crippen LogP contribution in [0.25, 0.3) is 0 Å². The highest BCUT2D eigenvalue weighted by molar-refractivity contribution is 5.04. The number of nitrogens with two attached hydrogens (primary N) is 1. The van der Waals surface area contributed by atoms with Crippen molar-refractivity contribution >= 4 is 0 Å². The summed E-state index contributed by atoms with van der Waals surface area (Å²) in [4.78, 5) is 3.35. The molecule has 2 rings (SSSR count). The molecule has 4 nitrogen and oxygen atoms in total. The Kier molecular flexibility index (Phi) is 2.65. The molecule has 1 fully saturated rings. The first-order valence-corrected chi connectivity index (χ1v) is 5.12. The SMILES string of the molecule is NC1(c2nc(C(F)(F)F)no2)CCCCC1. The van der Waals surface area contributed by atoms with Gasteiger partial charge in [0.15, 0.2) is 0 Å². The average Bonchev–Trinajstić information content (AvgIpc) is 2.67. The van der Waals surface area contributed by atoms with Gasteiger partial charge in [-0.05, 0) is 12.8 Å². The molecule has 0 aromatic carbocycles. The second-order valence-corrected chi connectivity index (χ2v) is 4.14. The molecule has 0 bridgehead atoms. The van der Waals surface area contributed by atoms with Crippen LogP contribution in [0.1, 0.15) is 43.8 Å². The lowest BCUT2D eigenvalue weighted by Crippen LogP contribution is -2.39. The van der Waals surface area contributed by atoms with E-state index >= 15 is 0 Å². The number of hydrogen-bond acceptors (Lipinski definition) is 4. The van der Waals surface area contributed by atoms with Gasteiger partial charge in [0.1, 0.15) is 0 Å². The van der Waals surface area contributed by atoms with Crippen molar-refractivity contribution in [2.75, 3.05) is 0 Å². The standard InChI is InChI=1S/C9H12F3N3O/c10-9(11,12)6-14-7(16-15-6)8(13)4-2-1-3-5-8/h1-5,13H2. The molecule has 1 aromatic rings. The first kappa shape index (κ1) is 11.4. The third-order valence-electron chi connectivity index (χ3n) is 2.85. The van der Waals surface area contributed by atoms with Gasteiger partial charge in [0.05, 0.1) is 5.54 Å². The lowest BCUT2D eigenvalue weighted by Gasteiger charge is -2.29. The van der Waals surface area contributed by atoms with E-state index < -0.39 is 17.5 Å². The van der Waals surface area contributed by atoms with Crippen LogP contribution in [0, 0.1) is 0 Å². The Morgan fingerprint density at radius 1 is 1.19 bits per heavy atom. The van der Waals surface area contributed by atoms with Crippen LogP contribution in [-0.2, 0) is 11.7 Å². The molecule has 0 spiro atoms. The van der Waals surface area contributed by atoms with E-state index in [-0.39, 0.29) is 5.89 Å². The Morgan fingerprint density at radius 2 is 1.81 bits per heavy atom. The zero-order chi connectivity index (χ0) is 11.8. The minimum Gasteiger partial charge on any atom is -0.337 e. The lowest BCUT2D eigenvalue weighted by molar-refractivity contribution is -0.146. The molecule has 0 unspecified atom stereocenters. The van der Waals surface area contributed by atoms with Gasteiger partial charge in [-0.3, -0.25) is 0 Å². The van der Waals surface area contributed by atoms with Crippen molar-refractivity contribution in [2.24, 2.45) is 5.73 Å². The first-order valence-electron chi connectivity index (χ1n) is 5.12. The molecule has 1 aliphatic rings. The molecule has 0 radical (unpaired) electrons. The summed E-state index contributed by atoms with van der Waals surface area (Å²) >= 11 is 0. The smallest absolute Gasteiger partial charge is 0.337 e. The van der Waals surface area contributed by atoms with E-state index in [0.29, 0.717) is 12.8 Å². The molecular formula is C9H12F3N3O. The number of aromatic nitrogens is 2. The summed E-state index contributed by atoms with van der Waals surface area (Å²) in [5.74, 6) is -1.35. The molecule has 2 N–H and O–H groups in total. The Bertz CT molecular complexity index is 368. The molecule has 1 aromatic heterocycles. The lowest BCUT2D eigenvalue weighted by atomic mass is 9.82. The maximum atomic E-state index is 12.3. The summed E-state index contributed by atoms with van der Waals surface area (Å²) in [6.07, 6.45) is -0.606. The fourth-order valence-electron chi connectivity index (χ4n) is 1.94. The summed E-state index contributed by atoms with van der Waals surface area (Å²) in [5, 5.41) is 2.92. The van der Waals surface area contributed by atoms with Crippen LogP contribution >= 0.6 is 0 Å². The minimum absolute atomic E-state index is 0.0977. The van der Waals surface area contributed by atoms with Gasteiger partial charge in [0, 0.05) is 0 Å². The highest BCUT2D eigenvalue weighted by atomic mass is 19.4. The predicted octanol–water partition coefficient (Wildman–Crippen LogP) is 2.21. The highest BCUT2D eigenvalue weighted by Crippen LogP contribution is 2.35. The Morgan fingerprint density at radius 3 is 2.31 bits per heavy atom. The molecule has 0 aliphatic heterocycles. The Balaban J connectivity index is 2.24. The Hall–Kier alpha value is -1.11. The molecule has 90 valence electrons. The second-order valence-electron chi connectivity index (χ2n) is 4.14. The molecule has 0 atom stereocenters. The molecule has 0 saturated heterocycles. The van der Waals surface area contributed by atoms with E-state index in [4.69, 9.17) is 5.73 Å². The van der Waals surface area contributed by atoms with Crippen molar-refractivity contribution in [3.05, 3.63) is 11.7 Å². The molecule has 7 heteroatoms. The van der Waals surface area contributed by atoms with Gasteiger partial charge in [-0.25, -0.2) is 0 Å². The predicted molar refractivity (Wildman–Crippen MR) is 48.3 cm³/mol. The van der Waals surface area contributed by atoms with Crippen molar-refractivity contribution in [1.29, 1.82) is 0 Å². The van der Waals surface area contributed by atoms with Crippen molar-refractivity contribution in [2.45, 2.75) is 43.8 Å². The normalized spacial score (nSPS) is 21.0. The quantitative estimate of drug-likeness (QED) is 0.810. The van der Waals surface area contributed by atoms with Crippen LogP contribution in [0.4, 0.5) is 13.2 Å². The number of hydrogen-bond donors (Lipinski definition) is 1. The molecule has 1 saturated carbocycles. The third kappa shape index (κ3) is 2.04. The van der Waals surface area contributed by atoms with Gasteiger partial charge in [-0.2, -0.15) is 18.2 Å². The molecular weight excluding hydrogens is 223 g/mol. The van der Waals surface area contributed by atoms with Crippen LogP contribution in [-0.4, -0.2) is 10.1 Å². The topological polar surface area (TPSA) is 64.9 Å². The molecule has 0 amide bonds. The number of nitrogens with zero attached hydrogens (tertiary/aromatic N) is 2. The zero-order valence-electron chi connectivity index (χ0n) is 8.55. The molecule has 1 aliphatic carbocycles.